The van der Waals surface area contributed by atoms with Crippen LogP contribution in [0, 0.1) is 18.8 Å². The number of ether oxygens (including phenoxy) is 1. The molecule has 0 amide bonds. The van der Waals surface area contributed by atoms with E-state index in [2.05, 4.69) is 96.6 Å². The van der Waals surface area contributed by atoms with Gasteiger partial charge in [-0.2, -0.15) is 18.2 Å². The van der Waals surface area contributed by atoms with Gasteiger partial charge in [0.2, 0.25) is 0 Å². The molecule has 5 heterocycles. The summed E-state index contributed by atoms with van der Waals surface area (Å²) < 4.78 is 90.0. The van der Waals surface area contributed by atoms with Crippen molar-refractivity contribution in [2.75, 3.05) is 4.90 Å². The Morgan fingerprint density at radius 1 is 0.514 bits per heavy atom. The molecule has 0 spiro atoms. The molecule has 1 aliphatic rings. The summed E-state index contributed by atoms with van der Waals surface area (Å²) in [5.41, 5.74) is 2.44. The molecular weight excluding hydrogens is 1060 g/mol. The summed E-state index contributed by atoms with van der Waals surface area (Å²) in [6.45, 7) is 3.86. The predicted molar refractivity (Wildman–Crippen MR) is 296 cm³/mol. The molecule has 4 aromatic heterocycles. The molecule has 6 nitrogen and oxygen atoms in total. The van der Waals surface area contributed by atoms with Gasteiger partial charge in [-0.25, -0.2) is 4.98 Å². The molecule has 0 bridgehead atoms. The van der Waals surface area contributed by atoms with Gasteiger partial charge in [0.1, 0.15) is 5.82 Å². The van der Waals surface area contributed by atoms with Crippen molar-refractivity contribution in [1.82, 2.24) is 19.1 Å². The maximum Gasteiger partial charge on any atom is 0.135 e. The number of pyridine rings is 2. The zero-order chi connectivity index (χ0) is 56.5. The van der Waals surface area contributed by atoms with Gasteiger partial charge in [0.25, 0.3) is 0 Å². The first-order valence-corrected chi connectivity index (χ1v) is 23.9. The molecule has 0 fully saturated rings. The Kier molecular flexibility index (Phi) is 9.05. The van der Waals surface area contributed by atoms with Crippen LogP contribution in [0.2, 0.25) is 0 Å². The van der Waals surface area contributed by atoms with Gasteiger partial charge in [-0.15, -0.1) is 17.5 Å². The summed E-state index contributed by atoms with van der Waals surface area (Å²) in [5.74, 6) is 2.04. The fraction of sp³-hybridized carbons (Fsp3) is 0.185. The summed E-state index contributed by atoms with van der Waals surface area (Å²) in [5, 5.41) is 7.60. The third-order valence-electron chi connectivity index (χ3n) is 13.8. The third kappa shape index (κ3) is 7.97. The normalized spacial score (nSPS) is 15.1. The quantitative estimate of drug-likeness (QED) is 0.161. The zero-order valence-corrected chi connectivity index (χ0v) is 43.0. The fourth-order valence-electron chi connectivity index (χ4n) is 10.2. The Labute approximate surface area is 449 Å². The molecule has 7 heteroatoms. The number of benzene rings is 7. The average Bonchev–Trinajstić information content (AvgIpc) is 4.19. The number of anilines is 2. The number of nitrogens with zero attached hydrogens (tertiary/aromatic N) is 5. The molecule has 7 aromatic carbocycles. The molecular formula is C65H56N5OPt-3. The van der Waals surface area contributed by atoms with E-state index in [1.165, 1.54) is 12.1 Å². The van der Waals surface area contributed by atoms with Crippen LogP contribution in [-0.4, -0.2) is 19.1 Å². The van der Waals surface area contributed by atoms with Crippen molar-refractivity contribution in [2.45, 2.75) is 78.3 Å². The molecule has 0 saturated carbocycles. The second-order valence-electron chi connectivity index (χ2n) is 20.6. The minimum Gasteiger partial charge on any atom is -0.521 e. The van der Waals surface area contributed by atoms with Gasteiger partial charge in [-0.05, 0) is 129 Å². The molecule has 12 rings (SSSR count). The minimum atomic E-state index is -3.48. The molecule has 0 aliphatic carbocycles. The second kappa shape index (κ2) is 17.4. The third-order valence-corrected chi connectivity index (χ3v) is 13.8. The molecule has 0 unspecified atom stereocenters. The van der Waals surface area contributed by atoms with Crippen LogP contribution in [0.4, 0.5) is 11.5 Å². The largest absolute Gasteiger partial charge is 0.521 e. The van der Waals surface area contributed by atoms with E-state index < -0.39 is 31.4 Å². The van der Waals surface area contributed by atoms with Gasteiger partial charge in [0.15, 0.2) is 0 Å². The van der Waals surface area contributed by atoms with Crippen LogP contribution in [0.5, 0.6) is 11.5 Å². The van der Waals surface area contributed by atoms with E-state index in [4.69, 9.17) is 27.0 Å². The number of hydrogen-bond acceptors (Lipinski definition) is 4. The van der Waals surface area contributed by atoms with Crippen molar-refractivity contribution in [3.63, 3.8) is 0 Å². The van der Waals surface area contributed by atoms with Crippen LogP contribution >= 0.6 is 0 Å². The van der Waals surface area contributed by atoms with Gasteiger partial charge < -0.3 is 18.8 Å². The summed E-state index contributed by atoms with van der Waals surface area (Å²) >= 11 is 0. The number of rotatable bonds is 5. The molecule has 0 radical (unpaired) electrons. The summed E-state index contributed by atoms with van der Waals surface area (Å²) in [4.78, 5) is 11.7. The van der Waals surface area contributed by atoms with Crippen molar-refractivity contribution in [1.29, 1.82) is 0 Å². The average molecular weight is 1130 g/mol. The smallest absolute Gasteiger partial charge is 0.135 e. The van der Waals surface area contributed by atoms with E-state index in [9.17, 15) is 0 Å². The van der Waals surface area contributed by atoms with E-state index in [1.54, 1.807) is 12.3 Å². The van der Waals surface area contributed by atoms with Crippen LogP contribution in [0.25, 0.3) is 82.1 Å². The number of para-hydroxylation sites is 3. The van der Waals surface area contributed by atoms with E-state index in [-0.39, 0.29) is 32.0 Å². The van der Waals surface area contributed by atoms with Crippen LogP contribution < -0.4 is 9.64 Å². The van der Waals surface area contributed by atoms with Gasteiger partial charge in [0.05, 0.1) is 0 Å². The molecule has 1 aliphatic heterocycles. The Morgan fingerprint density at radius 2 is 1.10 bits per heavy atom. The molecule has 11 aromatic rings. The SMILES string of the molecule is [2H]C([2H])([2H])C(c1cc(-c2cccc3c4ccccc4c4ccccc4c4cccc5c4n(c23)[CH-]N5c2[c-]c(Oc3[c-]c4c(cc3)c3ccccc3n4-c3cc(C(C)(C)C)ccn3)ccn2)cc(C(C)(C)C)c1)(C([2H])([2H])[2H])C([2H])([2H])[2H].[Pt]. The molecule has 0 atom stereocenters. The molecule has 0 N–H and O–H groups in total. The van der Waals surface area contributed by atoms with E-state index in [0.717, 1.165) is 76.7 Å². The van der Waals surface area contributed by atoms with E-state index >= 15 is 0 Å². The number of fused-ring (bicyclic) bond motifs is 10. The first-order chi connectivity index (χ1) is 37.8. The Hall–Kier alpha value is -7.40. The molecule has 0 saturated heterocycles. The Balaban J connectivity index is 0.00000690. The van der Waals surface area contributed by atoms with E-state index in [1.807, 2.05) is 123 Å². The first-order valence-electron chi connectivity index (χ1n) is 28.4. The van der Waals surface area contributed by atoms with Gasteiger partial charge >= 0.3 is 0 Å². The fourth-order valence-corrected chi connectivity index (χ4v) is 10.2. The molecule has 72 heavy (non-hydrogen) atoms. The van der Waals surface area contributed by atoms with Gasteiger partial charge in [-0.1, -0.05) is 189 Å². The Bertz CT molecular complexity index is 4350. The van der Waals surface area contributed by atoms with E-state index in [0.29, 0.717) is 39.5 Å². The topological polar surface area (TPSA) is 48.1 Å². The van der Waals surface area contributed by atoms with Crippen molar-refractivity contribution < 1.29 is 38.1 Å². The van der Waals surface area contributed by atoms with Crippen LogP contribution in [0.1, 0.15) is 91.1 Å². The van der Waals surface area contributed by atoms with Crippen molar-refractivity contribution in [2.24, 2.45) is 0 Å². The zero-order valence-electron chi connectivity index (χ0n) is 49.7. The summed E-state index contributed by atoms with van der Waals surface area (Å²) in [6.07, 6.45) is 3.53. The minimum absolute atomic E-state index is 0. The maximum atomic E-state index is 8.78. The van der Waals surface area contributed by atoms with Crippen LogP contribution in [0.3, 0.4) is 0 Å². The summed E-state index contributed by atoms with van der Waals surface area (Å²) in [7, 11) is 0. The van der Waals surface area contributed by atoms with Crippen molar-refractivity contribution >= 4 is 76.7 Å². The van der Waals surface area contributed by atoms with Crippen LogP contribution in [0.15, 0.2) is 170 Å². The van der Waals surface area contributed by atoms with Gasteiger partial charge in [0, 0.05) is 62.4 Å². The molecule has 360 valence electrons. The van der Waals surface area contributed by atoms with Crippen molar-refractivity contribution in [3.8, 4) is 28.4 Å². The monoisotopic (exact) mass is 1130 g/mol. The first kappa shape index (κ1) is 37.4. The number of hydrogen-bond donors (Lipinski definition) is 0. The maximum absolute atomic E-state index is 8.78. The van der Waals surface area contributed by atoms with Crippen molar-refractivity contribution in [3.05, 3.63) is 206 Å². The standard InChI is InChI=1S/C65H56N5O.Pt/c1-63(2,3)42-30-32-67-60(37-42)70-56-26-15-14-22-52(56)53-29-28-45(38-58(53)70)71-46-31-33-66-59(39-46)68-40-69-61-47(41-34-43(64(4,5)6)36-44(35-41)65(7,8)9)23-16-24-54(61)50-20-12-10-18-48(50)49-19-11-13-21-51(49)55-25-17-27-57(68)62(55)69;/h10-37,40H,1-9H3;/q-3;/i4D3,5D3,6D3;. The predicted octanol–water partition coefficient (Wildman–Crippen LogP) is 17.2. The van der Waals surface area contributed by atoms with Crippen LogP contribution in [-0.2, 0) is 37.3 Å². The number of aromatic nitrogens is 4. The Morgan fingerprint density at radius 3 is 1.78 bits per heavy atom. The van der Waals surface area contributed by atoms with Gasteiger partial charge in [-0.3, -0.25) is 4.98 Å². The summed E-state index contributed by atoms with van der Waals surface area (Å²) in [6, 6.07) is 58.5. The second-order valence-corrected chi connectivity index (χ2v) is 20.6.